The first-order valence-electron chi connectivity index (χ1n) is 6.42. The summed E-state index contributed by atoms with van der Waals surface area (Å²) in [5.74, 6) is 0. The first kappa shape index (κ1) is 15.0. The van der Waals surface area contributed by atoms with E-state index < -0.39 is 0 Å². The summed E-state index contributed by atoms with van der Waals surface area (Å²) < 4.78 is 5.42. The van der Waals surface area contributed by atoms with Gasteiger partial charge >= 0.3 is 0 Å². The van der Waals surface area contributed by atoms with Crippen molar-refractivity contribution in [1.29, 1.82) is 0 Å². The number of nitrogens with zero attached hydrogens (tertiary/aromatic N) is 2. The van der Waals surface area contributed by atoms with Crippen LogP contribution in [0.1, 0.15) is 18.4 Å². The lowest BCUT2D eigenvalue weighted by molar-refractivity contribution is 0.0102. The minimum Gasteiger partial charge on any atom is -0.381 e. The van der Waals surface area contributed by atoms with Gasteiger partial charge in [0.1, 0.15) is 10.3 Å². The number of piperidine rings is 1. The van der Waals surface area contributed by atoms with Crippen molar-refractivity contribution in [1.82, 2.24) is 9.88 Å². The van der Waals surface area contributed by atoms with E-state index in [0.29, 0.717) is 29.0 Å². The van der Waals surface area contributed by atoms with Crippen LogP contribution in [0, 0.1) is 0 Å². The minimum absolute atomic E-state index is 0.309. The van der Waals surface area contributed by atoms with Gasteiger partial charge in [-0.2, -0.15) is 0 Å². The van der Waals surface area contributed by atoms with Crippen LogP contribution >= 0.6 is 23.2 Å². The summed E-state index contributed by atoms with van der Waals surface area (Å²) in [6.07, 6.45) is 2.29. The summed E-state index contributed by atoms with van der Waals surface area (Å²) >= 11 is 11.9. The largest absolute Gasteiger partial charge is 0.381 e. The van der Waals surface area contributed by atoms with Gasteiger partial charge in [-0.3, -0.25) is 4.90 Å². The SMILES string of the molecule is COC1CCN(Cc2ccc(Cl)nc2Cl)C(CN)C1. The highest BCUT2D eigenvalue weighted by molar-refractivity contribution is 6.32. The molecule has 0 spiro atoms. The Hall–Kier alpha value is -0.390. The highest BCUT2D eigenvalue weighted by Crippen LogP contribution is 2.24. The Kier molecular flexibility index (Phi) is 5.42. The standard InChI is InChI=1S/C13H19Cl2N3O/c1-19-11-4-5-18(10(6-11)7-16)8-9-2-3-12(14)17-13(9)15/h2-3,10-11H,4-8,16H2,1H3. The molecule has 0 aliphatic carbocycles. The van der Waals surface area contributed by atoms with Crippen LogP contribution < -0.4 is 5.73 Å². The van der Waals surface area contributed by atoms with Gasteiger partial charge in [-0.15, -0.1) is 0 Å². The molecule has 2 N–H and O–H groups in total. The van der Waals surface area contributed by atoms with Gasteiger partial charge in [-0.1, -0.05) is 29.3 Å². The van der Waals surface area contributed by atoms with Gasteiger partial charge in [0.15, 0.2) is 0 Å². The number of hydrogen-bond acceptors (Lipinski definition) is 4. The maximum atomic E-state index is 6.12. The fraction of sp³-hybridized carbons (Fsp3) is 0.615. The fourth-order valence-corrected chi connectivity index (χ4v) is 2.91. The second-order valence-corrected chi connectivity index (χ2v) is 5.57. The van der Waals surface area contributed by atoms with Crippen LogP contribution in [-0.2, 0) is 11.3 Å². The zero-order valence-corrected chi connectivity index (χ0v) is 12.5. The summed E-state index contributed by atoms with van der Waals surface area (Å²) in [6.45, 7) is 2.33. The molecule has 2 rings (SSSR count). The van der Waals surface area contributed by atoms with Crippen LogP contribution in [0.25, 0.3) is 0 Å². The van der Waals surface area contributed by atoms with Crippen molar-refractivity contribution >= 4 is 23.2 Å². The Balaban J connectivity index is 2.05. The quantitative estimate of drug-likeness (QED) is 0.867. The molecule has 19 heavy (non-hydrogen) atoms. The Labute approximate surface area is 123 Å². The van der Waals surface area contributed by atoms with E-state index in [1.165, 1.54) is 0 Å². The van der Waals surface area contributed by atoms with E-state index in [1.54, 1.807) is 13.2 Å². The third-order valence-electron chi connectivity index (χ3n) is 3.66. The smallest absolute Gasteiger partial charge is 0.135 e. The molecular weight excluding hydrogens is 285 g/mol. The van der Waals surface area contributed by atoms with Gasteiger partial charge in [-0.05, 0) is 18.9 Å². The molecule has 1 fully saturated rings. The molecule has 1 aromatic heterocycles. The maximum absolute atomic E-state index is 6.12. The lowest BCUT2D eigenvalue weighted by Gasteiger charge is -2.38. The van der Waals surface area contributed by atoms with Crippen molar-refractivity contribution in [2.24, 2.45) is 5.73 Å². The first-order chi connectivity index (χ1) is 9.13. The molecule has 1 aromatic rings. The second-order valence-electron chi connectivity index (χ2n) is 4.83. The zero-order valence-electron chi connectivity index (χ0n) is 11.0. The predicted octanol–water partition coefficient (Wildman–Crippen LogP) is 2.33. The van der Waals surface area contributed by atoms with Gasteiger partial charge in [0.25, 0.3) is 0 Å². The average Bonchev–Trinajstić information content (AvgIpc) is 2.42. The lowest BCUT2D eigenvalue weighted by Crippen LogP contribution is -2.48. The summed E-state index contributed by atoms with van der Waals surface area (Å²) in [5, 5.41) is 0.888. The molecule has 1 aliphatic rings. The molecule has 1 aliphatic heterocycles. The fourth-order valence-electron chi connectivity index (χ4n) is 2.51. The number of halogens is 2. The number of pyridine rings is 1. The predicted molar refractivity (Wildman–Crippen MR) is 77.5 cm³/mol. The van der Waals surface area contributed by atoms with Crippen molar-refractivity contribution in [3.05, 3.63) is 28.0 Å². The summed E-state index contributed by atoms with van der Waals surface area (Å²) in [7, 11) is 1.76. The summed E-state index contributed by atoms with van der Waals surface area (Å²) in [4.78, 5) is 6.41. The van der Waals surface area contributed by atoms with E-state index in [-0.39, 0.29) is 0 Å². The number of likely N-dealkylation sites (tertiary alicyclic amines) is 1. The van der Waals surface area contributed by atoms with Gasteiger partial charge in [0.05, 0.1) is 6.10 Å². The van der Waals surface area contributed by atoms with E-state index >= 15 is 0 Å². The molecule has 0 saturated carbocycles. The Bertz CT molecular complexity index is 430. The second kappa shape index (κ2) is 6.86. The van der Waals surface area contributed by atoms with E-state index in [4.69, 9.17) is 33.7 Å². The maximum Gasteiger partial charge on any atom is 0.135 e. The topological polar surface area (TPSA) is 51.4 Å². The van der Waals surface area contributed by atoms with Gasteiger partial charge < -0.3 is 10.5 Å². The molecule has 6 heteroatoms. The first-order valence-corrected chi connectivity index (χ1v) is 7.17. The zero-order chi connectivity index (χ0) is 13.8. The molecule has 0 amide bonds. The Morgan fingerprint density at radius 3 is 2.89 bits per heavy atom. The van der Waals surface area contributed by atoms with Crippen molar-refractivity contribution in [3.8, 4) is 0 Å². The summed E-state index contributed by atoms with van der Waals surface area (Å²) in [6, 6.07) is 4.01. The van der Waals surface area contributed by atoms with Gasteiger partial charge in [0, 0.05) is 38.3 Å². The van der Waals surface area contributed by atoms with E-state index in [0.717, 1.165) is 31.5 Å². The Morgan fingerprint density at radius 2 is 2.26 bits per heavy atom. The molecule has 0 aromatic carbocycles. The molecule has 2 atom stereocenters. The van der Waals surface area contributed by atoms with Gasteiger partial charge in [0.2, 0.25) is 0 Å². The Morgan fingerprint density at radius 1 is 1.47 bits per heavy atom. The highest BCUT2D eigenvalue weighted by Gasteiger charge is 2.27. The van der Waals surface area contributed by atoms with Crippen LogP contribution in [0.4, 0.5) is 0 Å². The normalized spacial score (nSPS) is 24.6. The molecule has 0 bridgehead atoms. The van der Waals surface area contributed by atoms with Crippen molar-refractivity contribution < 1.29 is 4.74 Å². The molecule has 1 saturated heterocycles. The van der Waals surface area contributed by atoms with Gasteiger partial charge in [-0.25, -0.2) is 4.98 Å². The average molecular weight is 304 g/mol. The molecule has 0 radical (unpaired) electrons. The minimum atomic E-state index is 0.309. The van der Waals surface area contributed by atoms with Crippen LogP contribution in [0.15, 0.2) is 12.1 Å². The highest BCUT2D eigenvalue weighted by atomic mass is 35.5. The monoisotopic (exact) mass is 303 g/mol. The molecule has 4 nitrogen and oxygen atoms in total. The number of hydrogen-bond donors (Lipinski definition) is 1. The molecule has 106 valence electrons. The number of nitrogens with two attached hydrogens (primary N) is 1. The summed E-state index contributed by atoms with van der Waals surface area (Å²) in [5.41, 5.74) is 6.85. The van der Waals surface area contributed by atoms with Crippen LogP contribution in [0.5, 0.6) is 0 Å². The number of ether oxygens (including phenoxy) is 1. The molecular formula is C13H19Cl2N3O. The molecule has 2 heterocycles. The van der Waals surface area contributed by atoms with Crippen LogP contribution in [-0.4, -0.2) is 42.2 Å². The van der Waals surface area contributed by atoms with Crippen molar-refractivity contribution in [2.45, 2.75) is 31.5 Å². The van der Waals surface area contributed by atoms with Crippen LogP contribution in [0.2, 0.25) is 10.3 Å². The lowest BCUT2D eigenvalue weighted by atomic mass is 9.98. The van der Waals surface area contributed by atoms with E-state index in [1.807, 2.05) is 6.07 Å². The number of aromatic nitrogens is 1. The van der Waals surface area contributed by atoms with E-state index in [2.05, 4.69) is 9.88 Å². The van der Waals surface area contributed by atoms with Crippen molar-refractivity contribution in [2.75, 3.05) is 20.2 Å². The third kappa shape index (κ3) is 3.80. The van der Waals surface area contributed by atoms with Crippen molar-refractivity contribution in [3.63, 3.8) is 0 Å². The van der Waals surface area contributed by atoms with Crippen LogP contribution in [0.3, 0.4) is 0 Å². The molecule has 2 unspecified atom stereocenters. The van der Waals surface area contributed by atoms with E-state index in [9.17, 15) is 0 Å². The third-order valence-corrected chi connectivity index (χ3v) is 4.20. The number of rotatable bonds is 4. The number of methoxy groups -OCH3 is 1.